The van der Waals surface area contributed by atoms with Crippen LogP contribution in [-0.4, -0.2) is 37.8 Å². The van der Waals surface area contributed by atoms with Crippen LogP contribution in [0.3, 0.4) is 0 Å². The summed E-state index contributed by atoms with van der Waals surface area (Å²) in [5.41, 5.74) is 0.410. The third kappa shape index (κ3) is 3.17. The molecular formula is C16H22N2O3S. The van der Waals surface area contributed by atoms with Crippen molar-refractivity contribution in [2.24, 2.45) is 5.92 Å². The van der Waals surface area contributed by atoms with Gasteiger partial charge in [0.15, 0.2) is 0 Å². The Kier molecular flexibility index (Phi) is 4.23. The van der Waals surface area contributed by atoms with Crippen LogP contribution in [0.25, 0.3) is 0 Å². The number of benzene rings is 1. The first kappa shape index (κ1) is 15.5. The summed E-state index contributed by atoms with van der Waals surface area (Å²) < 4.78 is 26.6. The van der Waals surface area contributed by atoms with Crippen molar-refractivity contribution in [1.29, 1.82) is 0 Å². The first-order valence-electron chi connectivity index (χ1n) is 7.89. The molecule has 0 bridgehead atoms. The zero-order valence-electron chi connectivity index (χ0n) is 12.8. The van der Waals surface area contributed by atoms with E-state index < -0.39 is 10.0 Å². The number of rotatable bonds is 5. The lowest BCUT2D eigenvalue weighted by molar-refractivity contribution is 0.0935. The molecule has 1 amide bonds. The van der Waals surface area contributed by atoms with Crippen LogP contribution in [0.4, 0.5) is 0 Å². The standard InChI is InChI=1S/C16H22N2O3S/c1-12(13-7-8-13)17-16(19)14-5-4-6-15(11-14)22(20,21)18-9-2-3-10-18/h4-6,11-13H,2-3,7-10H2,1H3,(H,17,19)/t12-/m1/s1. The van der Waals surface area contributed by atoms with E-state index in [0.29, 0.717) is 24.6 Å². The van der Waals surface area contributed by atoms with Crippen molar-refractivity contribution in [2.75, 3.05) is 13.1 Å². The average molecular weight is 322 g/mol. The maximum absolute atomic E-state index is 12.5. The van der Waals surface area contributed by atoms with Gasteiger partial charge >= 0.3 is 0 Å². The molecule has 120 valence electrons. The highest BCUT2D eigenvalue weighted by Crippen LogP contribution is 2.32. The van der Waals surface area contributed by atoms with Crippen molar-refractivity contribution in [1.82, 2.24) is 9.62 Å². The van der Waals surface area contributed by atoms with E-state index in [9.17, 15) is 13.2 Å². The third-order valence-corrected chi connectivity index (χ3v) is 6.38. The summed E-state index contributed by atoms with van der Waals surface area (Å²) in [7, 11) is -3.47. The quantitative estimate of drug-likeness (QED) is 0.901. The van der Waals surface area contributed by atoms with E-state index in [1.54, 1.807) is 18.2 Å². The fourth-order valence-corrected chi connectivity index (χ4v) is 4.44. The van der Waals surface area contributed by atoms with Gasteiger partial charge in [0.2, 0.25) is 10.0 Å². The fourth-order valence-electron chi connectivity index (χ4n) is 2.88. The second-order valence-electron chi connectivity index (χ2n) is 6.24. The molecule has 3 rings (SSSR count). The zero-order valence-corrected chi connectivity index (χ0v) is 13.6. The number of carbonyl (C=O) groups is 1. The molecule has 1 saturated carbocycles. The number of nitrogens with one attached hydrogen (secondary N) is 1. The summed E-state index contributed by atoms with van der Waals surface area (Å²) >= 11 is 0. The lowest BCUT2D eigenvalue weighted by Gasteiger charge is -2.17. The lowest BCUT2D eigenvalue weighted by Crippen LogP contribution is -2.34. The maximum Gasteiger partial charge on any atom is 0.251 e. The van der Waals surface area contributed by atoms with Gasteiger partial charge in [0.05, 0.1) is 4.90 Å². The minimum absolute atomic E-state index is 0.145. The SMILES string of the molecule is C[C@@H](NC(=O)c1cccc(S(=O)(=O)N2CCCC2)c1)C1CC1. The summed E-state index contributed by atoms with van der Waals surface area (Å²) in [5.74, 6) is 0.373. The molecule has 1 aliphatic heterocycles. The number of hydrogen-bond donors (Lipinski definition) is 1. The van der Waals surface area contributed by atoms with E-state index in [-0.39, 0.29) is 16.8 Å². The summed E-state index contributed by atoms with van der Waals surface area (Å²) in [5, 5.41) is 2.96. The first-order chi connectivity index (χ1) is 10.5. The minimum atomic E-state index is -3.47. The number of amides is 1. The average Bonchev–Trinajstić information content (AvgIpc) is 3.21. The van der Waals surface area contributed by atoms with E-state index in [1.165, 1.54) is 10.4 Å². The summed E-state index contributed by atoms with van der Waals surface area (Å²) in [6.07, 6.45) is 4.12. The van der Waals surface area contributed by atoms with Gasteiger partial charge in [0.1, 0.15) is 0 Å². The molecule has 0 aromatic heterocycles. The topological polar surface area (TPSA) is 66.5 Å². The van der Waals surface area contributed by atoms with Crippen molar-refractivity contribution >= 4 is 15.9 Å². The Balaban J connectivity index is 1.78. The van der Waals surface area contributed by atoms with Gasteiger partial charge in [-0.25, -0.2) is 8.42 Å². The zero-order chi connectivity index (χ0) is 15.7. The molecule has 2 fully saturated rings. The van der Waals surface area contributed by atoms with Crippen LogP contribution in [0.1, 0.15) is 43.0 Å². The van der Waals surface area contributed by atoms with Crippen LogP contribution in [0.2, 0.25) is 0 Å². The highest BCUT2D eigenvalue weighted by molar-refractivity contribution is 7.89. The highest BCUT2D eigenvalue weighted by atomic mass is 32.2. The molecule has 1 atom stereocenters. The van der Waals surface area contributed by atoms with Crippen molar-refractivity contribution in [3.63, 3.8) is 0 Å². The smallest absolute Gasteiger partial charge is 0.251 e. The van der Waals surface area contributed by atoms with E-state index in [1.807, 2.05) is 6.92 Å². The Hall–Kier alpha value is -1.40. The molecule has 22 heavy (non-hydrogen) atoms. The molecule has 1 N–H and O–H groups in total. The first-order valence-corrected chi connectivity index (χ1v) is 9.33. The minimum Gasteiger partial charge on any atom is -0.349 e. The predicted molar refractivity (Wildman–Crippen MR) is 84.1 cm³/mol. The Morgan fingerprint density at radius 2 is 1.95 bits per heavy atom. The number of sulfonamides is 1. The second kappa shape index (κ2) is 6.01. The van der Waals surface area contributed by atoms with Gasteiger partial charge in [-0.3, -0.25) is 4.79 Å². The molecule has 0 spiro atoms. The van der Waals surface area contributed by atoms with Crippen molar-refractivity contribution in [3.8, 4) is 0 Å². The fraction of sp³-hybridized carbons (Fsp3) is 0.562. The van der Waals surface area contributed by atoms with Gasteiger partial charge in [0, 0.05) is 24.7 Å². The normalized spacial score (nSPS) is 20.8. The van der Waals surface area contributed by atoms with E-state index in [2.05, 4.69) is 5.32 Å². The van der Waals surface area contributed by atoms with Crippen LogP contribution in [0.5, 0.6) is 0 Å². The third-order valence-electron chi connectivity index (χ3n) is 4.49. The largest absolute Gasteiger partial charge is 0.349 e. The lowest BCUT2D eigenvalue weighted by atomic mass is 10.1. The molecule has 1 aliphatic carbocycles. The van der Waals surface area contributed by atoms with E-state index in [4.69, 9.17) is 0 Å². The number of nitrogens with zero attached hydrogens (tertiary/aromatic N) is 1. The van der Waals surface area contributed by atoms with Crippen molar-refractivity contribution in [3.05, 3.63) is 29.8 Å². The van der Waals surface area contributed by atoms with Crippen LogP contribution in [-0.2, 0) is 10.0 Å². The van der Waals surface area contributed by atoms with Gasteiger partial charge in [0.25, 0.3) is 5.91 Å². The molecule has 1 saturated heterocycles. The predicted octanol–water partition coefficient (Wildman–Crippen LogP) is 2.00. The summed E-state index contributed by atoms with van der Waals surface area (Å²) in [6.45, 7) is 3.13. The van der Waals surface area contributed by atoms with Crippen molar-refractivity contribution in [2.45, 2.75) is 43.5 Å². The van der Waals surface area contributed by atoms with Crippen molar-refractivity contribution < 1.29 is 13.2 Å². The Bertz CT molecular complexity index is 662. The van der Waals surface area contributed by atoms with Crippen LogP contribution in [0.15, 0.2) is 29.2 Å². The molecular weight excluding hydrogens is 300 g/mol. The van der Waals surface area contributed by atoms with Gasteiger partial charge in [-0.15, -0.1) is 0 Å². The molecule has 5 nitrogen and oxygen atoms in total. The molecule has 1 aromatic rings. The van der Waals surface area contributed by atoms with Gasteiger partial charge in [-0.05, 0) is 56.7 Å². The summed E-state index contributed by atoms with van der Waals surface area (Å²) in [4.78, 5) is 12.5. The van der Waals surface area contributed by atoms with Gasteiger partial charge in [-0.1, -0.05) is 6.07 Å². The van der Waals surface area contributed by atoms with Crippen LogP contribution in [0, 0.1) is 5.92 Å². The van der Waals surface area contributed by atoms with E-state index >= 15 is 0 Å². The Labute approximate surface area is 131 Å². The maximum atomic E-state index is 12.5. The van der Waals surface area contributed by atoms with Gasteiger partial charge < -0.3 is 5.32 Å². The molecule has 6 heteroatoms. The Morgan fingerprint density at radius 1 is 1.27 bits per heavy atom. The monoisotopic (exact) mass is 322 g/mol. The molecule has 1 aromatic carbocycles. The Morgan fingerprint density at radius 3 is 2.59 bits per heavy atom. The molecule has 0 radical (unpaired) electrons. The molecule has 0 unspecified atom stereocenters. The second-order valence-corrected chi connectivity index (χ2v) is 8.18. The number of hydrogen-bond acceptors (Lipinski definition) is 3. The summed E-state index contributed by atoms with van der Waals surface area (Å²) in [6, 6.07) is 6.50. The molecule has 2 aliphatic rings. The van der Waals surface area contributed by atoms with E-state index in [0.717, 1.165) is 25.7 Å². The van der Waals surface area contributed by atoms with Gasteiger partial charge in [-0.2, -0.15) is 4.31 Å². The van der Waals surface area contributed by atoms with Crippen LogP contribution < -0.4 is 5.32 Å². The highest BCUT2D eigenvalue weighted by Gasteiger charge is 2.30. The molecule has 1 heterocycles. The number of carbonyl (C=O) groups excluding carboxylic acids is 1. The van der Waals surface area contributed by atoms with Crippen LogP contribution >= 0.6 is 0 Å².